The summed E-state index contributed by atoms with van der Waals surface area (Å²) in [6, 6.07) is 0. The summed E-state index contributed by atoms with van der Waals surface area (Å²) in [4.78, 5) is 32.1. The summed E-state index contributed by atoms with van der Waals surface area (Å²) < 4.78 is 34.3. The predicted octanol–water partition coefficient (Wildman–Crippen LogP) is -1.54. The van der Waals surface area contributed by atoms with Crippen LogP contribution in [0.15, 0.2) is 11.0 Å². The average Bonchev–Trinajstić information content (AvgIpc) is 2.74. The minimum absolute atomic E-state index is 0.515. The van der Waals surface area contributed by atoms with E-state index in [4.69, 9.17) is 19.7 Å². The molecule has 1 saturated heterocycles. The summed E-state index contributed by atoms with van der Waals surface area (Å²) >= 11 is 0. The lowest BCUT2D eigenvalue weighted by molar-refractivity contribution is -0.0484. The van der Waals surface area contributed by atoms with Gasteiger partial charge in [0, 0.05) is 0 Å². The largest absolute Gasteiger partial charge is 0.503 e. The Labute approximate surface area is 126 Å². The van der Waals surface area contributed by atoms with Crippen LogP contribution in [0, 0.1) is 0 Å². The van der Waals surface area contributed by atoms with Gasteiger partial charge < -0.3 is 24.7 Å². The number of alkyl halides is 1. The molecule has 0 radical (unpaired) electrons. The molecule has 1 aliphatic heterocycles. The van der Waals surface area contributed by atoms with E-state index in [9.17, 15) is 24.0 Å². The lowest BCUT2D eigenvalue weighted by Crippen LogP contribution is -2.33. The highest BCUT2D eigenvalue weighted by Crippen LogP contribution is 2.39. The van der Waals surface area contributed by atoms with Crippen LogP contribution in [0.5, 0.6) is 5.75 Å². The summed E-state index contributed by atoms with van der Waals surface area (Å²) in [5, 5.41) is 27.8. The fourth-order valence-corrected chi connectivity index (χ4v) is 2.30. The van der Waals surface area contributed by atoms with Crippen LogP contribution in [-0.4, -0.2) is 59.7 Å². The van der Waals surface area contributed by atoms with Crippen LogP contribution in [0.2, 0.25) is 0 Å². The number of aromatic nitrogens is 2. The Hall–Kier alpha value is -1.60. The molecule has 0 aromatic carbocycles. The van der Waals surface area contributed by atoms with E-state index in [0.29, 0.717) is 10.8 Å². The van der Waals surface area contributed by atoms with Gasteiger partial charge in [-0.05, 0) is 0 Å². The molecule has 2 rings (SSSR count). The van der Waals surface area contributed by atoms with Crippen LogP contribution in [0.4, 0.5) is 10.2 Å². The van der Waals surface area contributed by atoms with Crippen molar-refractivity contribution in [3.8, 4) is 5.75 Å². The fraction of sp³-hybridized carbons (Fsp3) is 0.556. The fourth-order valence-electron chi connectivity index (χ4n) is 1.96. The van der Waals surface area contributed by atoms with Crippen molar-refractivity contribution < 1.29 is 43.4 Å². The molecule has 0 amide bonds. The third-order valence-corrected chi connectivity index (χ3v) is 3.50. The maximum absolute atomic E-state index is 14.1. The Balaban J connectivity index is 2.23. The van der Waals surface area contributed by atoms with Gasteiger partial charge in [-0.1, -0.05) is 0 Å². The van der Waals surface area contributed by atoms with Crippen molar-refractivity contribution >= 4 is 13.6 Å². The Morgan fingerprint density at radius 1 is 1.52 bits per heavy atom. The molecule has 14 heteroatoms. The van der Waals surface area contributed by atoms with Gasteiger partial charge in [-0.25, -0.2) is 19.2 Å². The predicted molar refractivity (Wildman–Crippen MR) is 68.4 cm³/mol. The molecule has 1 unspecified atom stereocenters. The molecule has 1 fully saturated rings. The number of hydrogen-bond donors (Lipinski definition) is 6. The molecule has 12 nitrogen and oxygen atoms in total. The number of nitrogens with one attached hydrogen (secondary N) is 1. The molecule has 130 valence electrons. The number of aliphatic hydroxyl groups excluding tert-OH is 1. The second kappa shape index (κ2) is 6.49. The standard InChI is InChI=1S/C9H13FN3O9P/c10-5-6(15)4(2-21-23(18,19)20)22-8(5)13-1-3(14)7(12-17)11-9(13)16/h1,4-6,8,14-15,17H,2H2,(H,11,12,16)(H2,18,19,20)/t4-,5?,6+,8-/m0/s1. The van der Waals surface area contributed by atoms with Crippen LogP contribution in [0.3, 0.4) is 0 Å². The SMILES string of the molecule is O=c1nc(NO)c(O)cn1[C@H]1O[C@@H](COP(=O)(O)O)[C@@H](O)C1F. The first-order valence-electron chi connectivity index (χ1n) is 6.04. The molecular weight excluding hydrogens is 344 g/mol. The lowest BCUT2D eigenvalue weighted by atomic mass is 10.1. The molecule has 0 spiro atoms. The van der Waals surface area contributed by atoms with Gasteiger partial charge >= 0.3 is 13.5 Å². The van der Waals surface area contributed by atoms with Crippen LogP contribution < -0.4 is 11.2 Å². The molecule has 1 aromatic rings. The van der Waals surface area contributed by atoms with Gasteiger partial charge in [-0.15, -0.1) is 0 Å². The zero-order valence-electron chi connectivity index (χ0n) is 11.2. The van der Waals surface area contributed by atoms with Crippen molar-refractivity contribution in [1.82, 2.24) is 9.55 Å². The third-order valence-electron chi connectivity index (χ3n) is 3.01. The van der Waals surface area contributed by atoms with Crippen molar-refractivity contribution in [2.75, 3.05) is 12.1 Å². The van der Waals surface area contributed by atoms with Gasteiger partial charge in [0.2, 0.25) is 0 Å². The molecule has 0 bridgehead atoms. The van der Waals surface area contributed by atoms with E-state index < -0.39 is 56.3 Å². The first-order chi connectivity index (χ1) is 10.6. The van der Waals surface area contributed by atoms with Crippen LogP contribution in [-0.2, 0) is 13.8 Å². The van der Waals surface area contributed by atoms with Crippen LogP contribution >= 0.6 is 7.82 Å². The first kappa shape index (κ1) is 17.7. The molecule has 0 saturated carbocycles. The van der Waals surface area contributed by atoms with Gasteiger partial charge in [-0.2, -0.15) is 4.98 Å². The van der Waals surface area contributed by atoms with Gasteiger partial charge in [0.25, 0.3) is 0 Å². The molecule has 1 aliphatic rings. The molecule has 6 N–H and O–H groups in total. The lowest BCUT2D eigenvalue weighted by Gasteiger charge is -2.16. The molecule has 1 aromatic heterocycles. The number of phosphoric acid groups is 1. The van der Waals surface area contributed by atoms with Crippen LogP contribution in [0.25, 0.3) is 0 Å². The minimum Gasteiger partial charge on any atom is -0.503 e. The van der Waals surface area contributed by atoms with E-state index in [-0.39, 0.29) is 0 Å². The zero-order valence-corrected chi connectivity index (χ0v) is 12.1. The number of nitrogens with zero attached hydrogens (tertiary/aromatic N) is 2. The highest BCUT2D eigenvalue weighted by molar-refractivity contribution is 7.46. The van der Waals surface area contributed by atoms with Crippen molar-refractivity contribution in [3.05, 3.63) is 16.7 Å². The van der Waals surface area contributed by atoms with E-state index in [1.54, 1.807) is 0 Å². The Bertz CT molecular complexity index is 679. The van der Waals surface area contributed by atoms with E-state index in [1.807, 2.05) is 0 Å². The second-order valence-corrected chi connectivity index (χ2v) is 5.80. The smallest absolute Gasteiger partial charge is 0.469 e. The maximum atomic E-state index is 14.1. The topological polar surface area (TPSA) is 184 Å². The maximum Gasteiger partial charge on any atom is 0.469 e. The Morgan fingerprint density at radius 2 is 2.17 bits per heavy atom. The number of ether oxygens (including phenoxy) is 1. The van der Waals surface area contributed by atoms with Crippen molar-refractivity contribution in [1.29, 1.82) is 0 Å². The zero-order chi connectivity index (χ0) is 17.4. The van der Waals surface area contributed by atoms with Gasteiger partial charge in [0.15, 0.2) is 24.0 Å². The van der Waals surface area contributed by atoms with E-state index in [1.165, 1.54) is 5.48 Å². The Morgan fingerprint density at radius 3 is 2.74 bits per heavy atom. The average molecular weight is 357 g/mol. The van der Waals surface area contributed by atoms with Gasteiger partial charge in [-0.3, -0.25) is 14.3 Å². The van der Waals surface area contributed by atoms with E-state index in [0.717, 1.165) is 0 Å². The number of aromatic hydroxyl groups is 1. The van der Waals surface area contributed by atoms with Crippen molar-refractivity contribution in [2.45, 2.75) is 24.6 Å². The molecule has 4 atom stereocenters. The number of halogens is 1. The minimum atomic E-state index is -4.85. The number of hydrogen-bond acceptors (Lipinski definition) is 9. The number of phosphoric ester groups is 1. The summed E-state index contributed by atoms with van der Waals surface area (Å²) in [6.45, 7) is -0.827. The van der Waals surface area contributed by atoms with Crippen LogP contribution in [0.1, 0.15) is 6.23 Å². The molecule has 2 heterocycles. The van der Waals surface area contributed by atoms with E-state index >= 15 is 0 Å². The quantitative estimate of drug-likeness (QED) is 0.265. The summed E-state index contributed by atoms with van der Waals surface area (Å²) in [5.74, 6) is -1.27. The van der Waals surface area contributed by atoms with Crippen molar-refractivity contribution in [2.24, 2.45) is 0 Å². The summed E-state index contributed by atoms with van der Waals surface area (Å²) in [7, 11) is -4.85. The highest BCUT2D eigenvalue weighted by atomic mass is 31.2. The van der Waals surface area contributed by atoms with Gasteiger partial charge in [0.05, 0.1) is 12.8 Å². The number of rotatable bonds is 5. The molecule has 0 aliphatic carbocycles. The highest BCUT2D eigenvalue weighted by Gasteiger charge is 2.46. The second-order valence-electron chi connectivity index (χ2n) is 4.56. The summed E-state index contributed by atoms with van der Waals surface area (Å²) in [5.41, 5.74) is 0.340. The first-order valence-corrected chi connectivity index (χ1v) is 7.57. The van der Waals surface area contributed by atoms with Gasteiger partial charge in [0.1, 0.15) is 12.2 Å². The Kier molecular flexibility index (Phi) is 5.01. The monoisotopic (exact) mass is 357 g/mol. The number of aliphatic hydroxyl groups is 1. The summed E-state index contributed by atoms with van der Waals surface area (Å²) in [6.07, 6.45) is -6.46. The number of anilines is 1. The molecule has 23 heavy (non-hydrogen) atoms. The third kappa shape index (κ3) is 3.84. The van der Waals surface area contributed by atoms with Crippen molar-refractivity contribution in [3.63, 3.8) is 0 Å². The normalized spacial score (nSPS) is 28.0. The molecular formula is C9H13FN3O9P. The van der Waals surface area contributed by atoms with E-state index in [2.05, 4.69) is 9.51 Å².